The number of nitrogens with one attached hydrogen (secondary N) is 1. The first kappa shape index (κ1) is 16.2. The van der Waals surface area contributed by atoms with Crippen molar-refractivity contribution in [2.75, 3.05) is 19.6 Å². The fourth-order valence-electron chi connectivity index (χ4n) is 3.28. The number of amides is 1. The molecular weight excluding hydrogens is 318 g/mol. The van der Waals surface area contributed by atoms with E-state index in [0.29, 0.717) is 19.0 Å². The van der Waals surface area contributed by atoms with Gasteiger partial charge in [-0.25, -0.2) is 0 Å². The number of piperidine rings is 1. The molecule has 132 valence electrons. The summed E-state index contributed by atoms with van der Waals surface area (Å²) in [6.45, 7) is 2.66. The van der Waals surface area contributed by atoms with Gasteiger partial charge in [0.1, 0.15) is 0 Å². The molecule has 2 aliphatic rings. The lowest BCUT2D eigenvalue weighted by Crippen LogP contribution is -2.42. The van der Waals surface area contributed by atoms with Crippen molar-refractivity contribution in [1.29, 1.82) is 0 Å². The van der Waals surface area contributed by atoms with Gasteiger partial charge >= 0.3 is 0 Å². The Labute approximate surface area is 146 Å². The van der Waals surface area contributed by atoms with Gasteiger partial charge in [0.25, 0.3) is 0 Å². The van der Waals surface area contributed by atoms with E-state index >= 15 is 0 Å². The van der Waals surface area contributed by atoms with E-state index in [2.05, 4.69) is 25.3 Å². The summed E-state index contributed by atoms with van der Waals surface area (Å²) in [7, 11) is 0. The molecule has 1 amide bonds. The van der Waals surface area contributed by atoms with Crippen LogP contribution in [0.25, 0.3) is 0 Å². The van der Waals surface area contributed by atoms with Gasteiger partial charge in [0.05, 0.1) is 6.54 Å². The molecule has 0 spiro atoms. The highest BCUT2D eigenvalue weighted by atomic mass is 16.5. The first-order valence-corrected chi connectivity index (χ1v) is 8.99. The minimum atomic E-state index is 0.0382. The molecule has 2 fully saturated rings. The molecule has 2 aromatic heterocycles. The van der Waals surface area contributed by atoms with Gasteiger partial charge in [0, 0.05) is 37.3 Å². The molecule has 1 N–H and O–H groups in total. The maximum atomic E-state index is 12.2. The van der Waals surface area contributed by atoms with E-state index in [4.69, 9.17) is 4.52 Å². The number of rotatable bonds is 6. The SMILES string of the molecule is O=C(CN1CCC[C@H](c2noc(C3CC3)n2)C1)NCc1cccnc1. The lowest BCUT2D eigenvalue weighted by Gasteiger charge is -2.30. The predicted molar refractivity (Wildman–Crippen MR) is 90.8 cm³/mol. The normalized spacial score (nSPS) is 21.2. The summed E-state index contributed by atoms with van der Waals surface area (Å²) in [4.78, 5) is 23.0. The van der Waals surface area contributed by atoms with Crippen molar-refractivity contribution in [2.24, 2.45) is 0 Å². The van der Waals surface area contributed by atoms with Crippen molar-refractivity contribution < 1.29 is 9.32 Å². The molecule has 3 heterocycles. The van der Waals surface area contributed by atoms with Gasteiger partial charge in [-0.15, -0.1) is 0 Å². The van der Waals surface area contributed by atoms with Crippen LogP contribution in [0, 0.1) is 0 Å². The lowest BCUT2D eigenvalue weighted by molar-refractivity contribution is -0.122. The third-order valence-corrected chi connectivity index (χ3v) is 4.83. The standard InChI is InChI=1S/C18H23N5O2/c24-16(20-10-13-3-1-7-19-9-13)12-23-8-2-4-15(11-23)17-21-18(25-22-17)14-5-6-14/h1,3,7,9,14-15H,2,4-6,8,10-12H2,(H,20,24)/t15-/m0/s1. The van der Waals surface area contributed by atoms with Gasteiger partial charge in [-0.05, 0) is 43.9 Å². The van der Waals surface area contributed by atoms with Crippen molar-refractivity contribution in [1.82, 2.24) is 25.3 Å². The molecule has 1 aliphatic carbocycles. The van der Waals surface area contributed by atoms with Gasteiger partial charge in [0.15, 0.2) is 5.82 Å². The highest BCUT2D eigenvalue weighted by Crippen LogP contribution is 2.39. The van der Waals surface area contributed by atoms with Crippen LogP contribution < -0.4 is 5.32 Å². The second-order valence-corrected chi connectivity index (χ2v) is 6.98. The summed E-state index contributed by atoms with van der Waals surface area (Å²) < 4.78 is 5.38. The molecule has 25 heavy (non-hydrogen) atoms. The molecular formula is C18H23N5O2. The van der Waals surface area contributed by atoms with Gasteiger partial charge in [-0.3, -0.25) is 14.7 Å². The van der Waals surface area contributed by atoms with Gasteiger partial charge in [-0.1, -0.05) is 11.2 Å². The van der Waals surface area contributed by atoms with Gasteiger partial charge in [0.2, 0.25) is 11.8 Å². The Bertz CT molecular complexity index is 713. The molecule has 2 aromatic rings. The zero-order valence-electron chi connectivity index (χ0n) is 14.2. The van der Waals surface area contributed by atoms with Crippen LogP contribution in [-0.2, 0) is 11.3 Å². The second-order valence-electron chi connectivity index (χ2n) is 6.98. The van der Waals surface area contributed by atoms with Crippen LogP contribution in [0.2, 0.25) is 0 Å². The molecule has 4 rings (SSSR count). The number of pyridine rings is 1. The number of aromatic nitrogens is 3. The van der Waals surface area contributed by atoms with Crippen molar-refractivity contribution >= 4 is 5.91 Å². The Kier molecular flexibility index (Phi) is 4.74. The molecule has 7 heteroatoms. The van der Waals surface area contributed by atoms with Gasteiger partial charge < -0.3 is 9.84 Å². The zero-order valence-corrected chi connectivity index (χ0v) is 14.2. The van der Waals surface area contributed by atoms with Crippen molar-refractivity contribution in [3.63, 3.8) is 0 Å². The van der Waals surface area contributed by atoms with Crippen LogP contribution >= 0.6 is 0 Å². The number of hydrogen-bond donors (Lipinski definition) is 1. The first-order chi connectivity index (χ1) is 12.3. The number of carbonyl (C=O) groups is 1. The van der Waals surface area contributed by atoms with Crippen LogP contribution in [0.3, 0.4) is 0 Å². The Morgan fingerprint density at radius 2 is 2.24 bits per heavy atom. The van der Waals surface area contributed by atoms with E-state index in [9.17, 15) is 4.79 Å². The lowest BCUT2D eigenvalue weighted by atomic mass is 9.97. The average molecular weight is 341 g/mol. The molecule has 1 aliphatic heterocycles. The average Bonchev–Trinajstić information content (AvgIpc) is 3.38. The summed E-state index contributed by atoms with van der Waals surface area (Å²) in [5.74, 6) is 2.38. The molecule has 1 saturated carbocycles. The van der Waals surface area contributed by atoms with E-state index in [1.807, 2.05) is 12.1 Å². The maximum Gasteiger partial charge on any atom is 0.234 e. The van der Waals surface area contributed by atoms with Crippen LogP contribution in [-0.4, -0.2) is 45.6 Å². The Hall–Kier alpha value is -2.28. The van der Waals surface area contributed by atoms with Crippen LogP contribution in [0.15, 0.2) is 29.0 Å². The monoisotopic (exact) mass is 341 g/mol. The summed E-state index contributed by atoms with van der Waals surface area (Å²) in [6, 6.07) is 3.83. The van der Waals surface area contributed by atoms with Crippen LogP contribution in [0.5, 0.6) is 0 Å². The van der Waals surface area contributed by atoms with Crippen LogP contribution in [0.4, 0.5) is 0 Å². The molecule has 0 radical (unpaired) electrons. The van der Waals surface area contributed by atoms with E-state index in [1.165, 1.54) is 0 Å². The fourth-order valence-corrected chi connectivity index (χ4v) is 3.28. The number of carbonyl (C=O) groups excluding carboxylic acids is 1. The second kappa shape index (κ2) is 7.31. The van der Waals surface area contributed by atoms with E-state index in [0.717, 1.165) is 56.1 Å². The highest BCUT2D eigenvalue weighted by molar-refractivity contribution is 5.78. The fraction of sp³-hybridized carbons (Fsp3) is 0.556. The smallest absolute Gasteiger partial charge is 0.234 e. The molecule has 0 bridgehead atoms. The number of nitrogens with zero attached hydrogens (tertiary/aromatic N) is 4. The minimum absolute atomic E-state index is 0.0382. The Morgan fingerprint density at radius 1 is 1.32 bits per heavy atom. The molecule has 0 unspecified atom stereocenters. The Balaban J connectivity index is 1.27. The van der Waals surface area contributed by atoms with E-state index < -0.39 is 0 Å². The van der Waals surface area contributed by atoms with Gasteiger partial charge in [-0.2, -0.15) is 4.98 Å². The quantitative estimate of drug-likeness (QED) is 0.863. The molecule has 7 nitrogen and oxygen atoms in total. The third-order valence-electron chi connectivity index (χ3n) is 4.83. The summed E-state index contributed by atoms with van der Waals surface area (Å²) in [5, 5.41) is 7.13. The van der Waals surface area contributed by atoms with E-state index in [-0.39, 0.29) is 11.8 Å². The minimum Gasteiger partial charge on any atom is -0.351 e. The zero-order chi connectivity index (χ0) is 17.1. The van der Waals surface area contributed by atoms with Crippen molar-refractivity contribution in [3.05, 3.63) is 41.8 Å². The molecule has 1 saturated heterocycles. The van der Waals surface area contributed by atoms with Crippen molar-refractivity contribution in [2.45, 2.75) is 44.1 Å². The third kappa shape index (κ3) is 4.22. The number of hydrogen-bond acceptors (Lipinski definition) is 6. The number of likely N-dealkylation sites (tertiary alicyclic amines) is 1. The summed E-state index contributed by atoms with van der Waals surface area (Å²) in [5.41, 5.74) is 1.01. The summed E-state index contributed by atoms with van der Waals surface area (Å²) >= 11 is 0. The largest absolute Gasteiger partial charge is 0.351 e. The maximum absolute atomic E-state index is 12.2. The predicted octanol–water partition coefficient (Wildman–Crippen LogP) is 1.84. The van der Waals surface area contributed by atoms with Crippen molar-refractivity contribution in [3.8, 4) is 0 Å². The molecule has 0 aromatic carbocycles. The topological polar surface area (TPSA) is 84.2 Å². The molecule has 1 atom stereocenters. The summed E-state index contributed by atoms with van der Waals surface area (Å²) in [6.07, 6.45) is 7.92. The Morgan fingerprint density at radius 3 is 3.04 bits per heavy atom. The van der Waals surface area contributed by atoms with E-state index in [1.54, 1.807) is 12.4 Å². The van der Waals surface area contributed by atoms with Crippen LogP contribution in [0.1, 0.15) is 54.8 Å². The first-order valence-electron chi connectivity index (χ1n) is 8.99. The highest BCUT2D eigenvalue weighted by Gasteiger charge is 2.32.